The number of unbranched alkanes of at least 4 members (excludes halogenated alkanes) is 1. The van der Waals surface area contributed by atoms with E-state index in [4.69, 9.17) is 9.47 Å². The molecule has 0 aromatic heterocycles. The first-order chi connectivity index (χ1) is 21.2. The molecule has 1 spiro atoms. The zero-order valence-corrected chi connectivity index (χ0v) is 26.2. The fraction of sp³-hybridized carbons (Fsp3) is 0.588. The van der Waals surface area contributed by atoms with Crippen molar-refractivity contribution < 1.29 is 33.8 Å². The molecule has 0 saturated carbocycles. The maximum absolute atomic E-state index is 14.1. The molecule has 44 heavy (non-hydrogen) atoms. The molecule has 3 aliphatic heterocycles. The first-order valence-electron chi connectivity index (χ1n) is 15.8. The number of rotatable bonds is 16. The molecule has 3 aliphatic rings. The first-order valence-corrected chi connectivity index (χ1v) is 15.8. The van der Waals surface area contributed by atoms with Gasteiger partial charge in [0.05, 0.1) is 30.6 Å². The van der Waals surface area contributed by atoms with Crippen LogP contribution in [0.15, 0.2) is 55.6 Å². The van der Waals surface area contributed by atoms with Crippen LogP contribution in [0, 0.1) is 11.8 Å². The van der Waals surface area contributed by atoms with Crippen molar-refractivity contribution >= 4 is 23.7 Å². The molecule has 0 unspecified atom stereocenters. The molecule has 10 nitrogen and oxygen atoms in total. The van der Waals surface area contributed by atoms with E-state index in [1.54, 1.807) is 29.0 Å². The number of hydrogen-bond acceptors (Lipinski definition) is 7. The normalized spacial score (nSPS) is 26.5. The van der Waals surface area contributed by atoms with E-state index in [0.717, 1.165) is 18.4 Å². The van der Waals surface area contributed by atoms with Crippen molar-refractivity contribution in [3.63, 3.8) is 0 Å². The lowest BCUT2D eigenvalue weighted by Gasteiger charge is -2.36. The minimum Gasteiger partial charge on any atom is -0.455 e. The van der Waals surface area contributed by atoms with Crippen LogP contribution in [0.2, 0.25) is 0 Å². The largest absolute Gasteiger partial charge is 0.455 e. The van der Waals surface area contributed by atoms with E-state index < -0.39 is 47.7 Å². The highest BCUT2D eigenvalue weighted by Gasteiger charge is 2.75. The summed E-state index contributed by atoms with van der Waals surface area (Å²) < 4.78 is 12.7. The molecule has 2 bridgehead atoms. The van der Waals surface area contributed by atoms with Gasteiger partial charge in [0.25, 0.3) is 0 Å². The van der Waals surface area contributed by atoms with Crippen molar-refractivity contribution in [2.75, 3.05) is 33.3 Å². The highest BCUT2D eigenvalue weighted by molar-refractivity contribution is 5.98. The van der Waals surface area contributed by atoms with Crippen LogP contribution in [0.4, 0.5) is 0 Å². The summed E-state index contributed by atoms with van der Waals surface area (Å²) in [5.74, 6) is -3.16. The number of amides is 3. The van der Waals surface area contributed by atoms with Gasteiger partial charge in [0.15, 0.2) is 0 Å². The molecule has 7 atom stereocenters. The summed E-state index contributed by atoms with van der Waals surface area (Å²) in [7, 11) is 1.69. The van der Waals surface area contributed by atoms with Crippen LogP contribution in [0.1, 0.15) is 64.0 Å². The van der Waals surface area contributed by atoms with Gasteiger partial charge in [-0.3, -0.25) is 19.2 Å². The summed E-state index contributed by atoms with van der Waals surface area (Å²) in [5, 5.41) is 9.88. The molecule has 3 fully saturated rings. The number of allylic oxidation sites excluding steroid dienone is 1. The van der Waals surface area contributed by atoms with Crippen LogP contribution >= 0.6 is 0 Å². The Morgan fingerprint density at radius 2 is 1.95 bits per heavy atom. The van der Waals surface area contributed by atoms with Gasteiger partial charge in [-0.25, -0.2) is 0 Å². The number of carbonyl (C=O) groups excluding carboxylic acids is 4. The quantitative estimate of drug-likeness (QED) is 0.226. The number of hydrogen-bond donors (Lipinski definition) is 1. The van der Waals surface area contributed by atoms with Crippen LogP contribution in [0.3, 0.4) is 0 Å². The number of likely N-dealkylation sites (N-methyl/N-ethyl adjacent to an activating group) is 1. The average molecular weight is 610 g/mol. The van der Waals surface area contributed by atoms with E-state index in [1.165, 1.54) is 4.90 Å². The third-order valence-corrected chi connectivity index (χ3v) is 9.47. The zero-order valence-electron chi connectivity index (χ0n) is 26.2. The third-order valence-electron chi connectivity index (χ3n) is 9.47. The molecule has 1 aromatic carbocycles. The molecular weight excluding hydrogens is 562 g/mol. The molecular formula is C34H47N3O7. The molecule has 4 rings (SSSR count). The summed E-state index contributed by atoms with van der Waals surface area (Å²) in [5.41, 5.74) is -0.464. The monoisotopic (exact) mass is 609 g/mol. The van der Waals surface area contributed by atoms with Crippen molar-refractivity contribution in [3.8, 4) is 0 Å². The van der Waals surface area contributed by atoms with Gasteiger partial charge in [-0.15, -0.1) is 13.2 Å². The maximum Gasteiger partial charge on any atom is 0.313 e. The van der Waals surface area contributed by atoms with Gasteiger partial charge in [0.1, 0.15) is 17.7 Å². The van der Waals surface area contributed by atoms with Gasteiger partial charge in [0.2, 0.25) is 17.7 Å². The zero-order chi connectivity index (χ0) is 32.0. The molecule has 240 valence electrons. The summed E-state index contributed by atoms with van der Waals surface area (Å²) in [6, 6.07) is 7.78. The number of nitrogens with zero attached hydrogens (tertiary/aromatic N) is 3. The number of aliphatic hydroxyl groups is 1. The molecule has 0 radical (unpaired) electrons. The summed E-state index contributed by atoms with van der Waals surface area (Å²) in [6.45, 7) is 11.8. The Labute approximate surface area is 260 Å². The van der Waals surface area contributed by atoms with Gasteiger partial charge in [0, 0.05) is 33.1 Å². The van der Waals surface area contributed by atoms with Gasteiger partial charge in [-0.05, 0) is 38.2 Å². The fourth-order valence-electron chi connectivity index (χ4n) is 7.14. The lowest BCUT2D eigenvalue weighted by atomic mass is 9.70. The van der Waals surface area contributed by atoms with E-state index in [0.29, 0.717) is 32.4 Å². The van der Waals surface area contributed by atoms with Gasteiger partial charge < -0.3 is 29.3 Å². The predicted octanol–water partition coefficient (Wildman–Crippen LogP) is 3.27. The highest BCUT2D eigenvalue weighted by atomic mass is 16.6. The van der Waals surface area contributed by atoms with Crippen LogP contribution in [-0.2, 0) is 28.7 Å². The van der Waals surface area contributed by atoms with Gasteiger partial charge in [-0.2, -0.15) is 0 Å². The van der Waals surface area contributed by atoms with Crippen LogP contribution in [0.5, 0.6) is 0 Å². The molecule has 3 amide bonds. The lowest BCUT2D eigenvalue weighted by Crippen LogP contribution is -2.56. The maximum atomic E-state index is 14.1. The van der Waals surface area contributed by atoms with E-state index in [2.05, 4.69) is 13.2 Å². The van der Waals surface area contributed by atoms with E-state index >= 15 is 0 Å². The molecule has 10 heteroatoms. The number of aliphatic hydroxyl groups excluding tert-OH is 1. The molecule has 1 aromatic rings. The number of carbonyl (C=O) groups is 4. The van der Waals surface area contributed by atoms with Crippen molar-refractivity contribution in [1.29, 1.82) is 0 Å². The van der Waals surface area contributed by atoms with Crippen molar-refractivity contribution in [2.45, 2.75) is 82.3 Å². The molecule has 3 saturated heterocycles. The lowest BCUT2D eigenvalue weighted by molar-refractivity contribution is -0.164. The van der Waals surface area contributed by atoms with Gasteiger partial charge in [-0.1, -0.05) is 55.8 Å². The second-order valence-corrected chi connectivity index (χ2v) is 12.1. The average Bonchev–Trinajstić information content (AvgIpc) is 3.67. The minimum atomic E-state index is -1.19. The fourth-order valence-corrected chi connectivity index (χ4v) is 7.14. The Hall–Kier alpha value is -3.50. The first kappa shape index (κ1) is 33.4. The number of ether oxygens (including phenoxy) is 2. The van der Waals surface area contributed by atoms with Crippen molar-refractivity contribution in [2.24, 2.45) is 11.8 Å². The smallest absolute Gasteiger partial charge is 0.313 e. The van der Waals surface area contributed by atoms with E-state index in [1.807, 2.05) is 44.2 Å². The van der Waals surface area contributed by atoms with Gasteiger partial charge >= 0.3 is 5.97 Å². The Balaban J connectivity index is 1.65. The standard InChI is InChI=1S/C34H47N3O7/c1-6-9-16-26(39)35(5)23(4)29(24-14-12-11-13-15-24)43-33(42)27-25-17-18-34(44-25)28(27)31(40)37(21-22-38)30(34)32(41)36(19-8-3)20-10-7-2/h6,8,11-15,23,25,27-30,38H,1,3,7,9-10,16-22H2,2,4-5H3/t23-,25-,27+,28+,29+,30-,34+/m0/s1. The minimum absolute atomic E-state index is 0.0414. The number of likely N-dealkylation sites (tertiary alicyclic amines) is 1. The Morgan fingerprint density at radius 1 is 1.23 bits per heavy atom. The van der Waals surface area contributed by atoms with Crippen LogP contribution in [-0.4, -0.2) is 101 Å². The van der Waals surface area contributed by atoms with Crippen LogP contribution in [0.25, 0.3) is 0 Å². The van der Waals surface area contributed by atoms with Crippen molar-refractivity contribution in [3.05, 3.63) is 61.2 Å². The number of esters is 1. The molecule has 3 heterocycles. The molecule has 1 N–H and O–H groups in total. The SMILES string of the molecule is C=CCCC(=O)N(C)[C@@H](C)[C@@H](OC(=O)[C@@H]1[C@@H]2CC[C@]3(O2)[C@H](C(=O)N(CC=C)CCCC)N(CCO)C(=O)[C@@H]13)c1ccccc1. The highest BCUT2D eigenvalue weighted by Crippen LogP contribution is 2.59. The summed E-state index contributed by atoms with van der Waals surface area (Å²) in [4.78, 5) is 59.8. The Bertz CT molecular complexity index is 1220. The van der Waals surface area contributed by atoms with Crippen molar-refractivity contribution in [1.82, 2.24) is 14.7 Å². The van der Waals surface area contributed by atoms with E-state index in [9.17, 15) is 24.3 Å². The predicted molar refractivity (Wildman–Crippen MR) is 165 cm³/mol. The third kappa shape index (κ3) is 6.19. The number of benzene rings is 1. The Morgan fingerprint density at radius 3 is 2.59 bits per heavy atom. The van der Waals surface area contributed by atoms with Crippen LogP contribution < -0.4 is 0 Å². The Kier molecular flexibility index (Phi) is 11.0. The second kappa shape index (κ2) is 14.5. The summed E-state index contributed by atoms with van der Waals surface area (Å²) in [6.07, 6.45) is 5.43. The second-order valence-electron chi connectivity index (χ2n) is 12.1. The number of fused-ring (bicyclic) bond motifs is 1. The molecule has 0 aliphatic carbocycles. The summed E-state index contributed by atoms with van der Waals surface area (Å²) >= 11 is 0. The van der Waals surface area contributed by atoms with E-state index in [-0.39, 0.29) is 37.3 Å². The number of β-amino-alcohol motifs (C(OH)–C–C–N with tert-alkyl or cyclic N) is 1. The topological polar surface area (TPSA) is 117 Å².